The van der Waals surface area contributed by atoms with E-state index >= 15 is 0 Å². The average molecular weight is 518 g/mol. The van der Waals surface area contributed by atoms with E-state index in [1.54, 1.807) is 23.9 Å². The fourth-order valence-electron chi connectivity index (χ4n) is 4.96. The van der Waals surface area contributed by atoms with Gasteiger partial charge in [0.15, 0.2) is 5.17 Å². The van der Waals surface area contributed by atoms with Crippen molar-refractivity contribution in [1.29, 1.82) is 0 Å². The molecule has 6 rings (SSSR count). The summed E-state index contributed by atoms with van der Waals surface area (Å²) in [6, 6.07) is 20.9. The van der Waals surface area contributed by atoms with E-state index in [1.807, 2.05) is 36.4 Å². The van der Waals surface area contributed by atoms with Crippen LogP contribution in [0.1, 0.15) is 22.7 Å². The van der Waals surface area contributed by atoms with E-state index in [-0.39, 0.29) is 17.7 Å². The number of amidine groups is 1. The molecule has 1 atom stereocenters. The Hall–Kier alpha value is -3.19. The van der Waals surface area contributed by atoms with E-state index in [9.17, 15) is 8.78 Å². The van der Waals surface area contributed by atoms with Crippen LogP contribution in [0.25, 0.3) is 11.8 Å². The van der Waals surface area contributed by atoms with Gasteiger partial charge in [0, 0.05) is 23.5 Å². The van der Waals surface area contributed by atoms with E-state index in [0.717, 1.165) is 57.5 Å². The first-order valence-electron chi connectivity index (χ1n) is 11.6. The first kappa shape index (κ1) is 23.2. The maximum Gasteiger partial charge on any atom is 0.174 e. The molecule has 3 aromatic rings. The minimum absolute atomic E-state index is 0.149. The molecule has 0 saturated carbocycles. The summed E-state index contributed by atoms with van der Waals surface area (Å²) in [6.07, 6.45) is 2.08. The molecular formula is C29H22ClF2N3S. The first-order valence-corrected chi connectivity index (χ1v) is 12.9. The quantitative estimate of drug-likeness (QED) is 0.361. The third-order valence-corrected chi connectivity index (χ3v) is 7.65. The lowest BCUT2D eigenvalue weighted by molar-refractivity contribution is 0.344. The molecule has 3 heterocycles. The van der Waals surface area contributed by atoms with E-state index in [4.69, 9.17) is 16.6 Å². The molecule has 0 spiro atoms. The van der Waals surface area contributed by atoms with Gasteiger partial charge in [-0.05, 0) is 77.4 Å². The van der Waals surface area contributed by atoms with Gasteiger partial charge in [0.25, 0.3) is 0 Å². The number of thioether (sulfide) groups is 1. The number of halogens is 3. The highest BCUT2D eigenvalue weighted by molar-refractivity contribution is 8.16. The van der Waals surface area contributed by atoms with Gasteiger partial charge in [0.2, 0.25) is 0 Å². The Labute approximate surface area is 218 Å². The summed E-state index contributed by atoms with van der Waals surface area (Å²) in [5.41, 5.74) is 7.17. The number of rotatable bonds is 3. The summed E-state index contributed by atoms with van der Waals surface area (Å²) in [4.78, 5) is 9.64. The van der Waals surface area contributed by atoms with Crippen molar-refractivity contribution in [1.82, 2.24) is 9.80 Å². The Morgan fingerprint density at radius 2 is 1.58 bits per heavy atom. The van der Waals surface area contributed by atoms with Gasteiger partial charge in [-0.1, -0.05) is 59.8 Å². The highest BCUT2D eigenvalue weighted by atomic mass is 35.5. The standard InChI is InChI=1S/C29H22ClF2N3S/c1-34-15-21(14-18-2-10-23(31)11-3-18)27-25(16-34)28(20-6-12-24(32)13-7-20)35-26(17-36-29(35)33-27)19-4-8-22(30)9-5-19/h2-14,17,28H,15-16H2,1H3/b21-14+/t28-/m1/s1. The Morgan fingerprint density at radius 1 is 0.917 bits per heavy atom. The van der Waals surface area contributed by atoms with Crippen LogP contribution in [0.5, 0.6) is 0 Å². The molecule has 3 aliphatic rings. The van der Waals surface area contributed by atoms with Gasteiger partial charge in [-0.2, -0.15) is 0 Å². The van der Waals surface area contributed by atoms with Crippen molar-refractivity contribution in [2.24, 2.45) is 4.99 Å². The maximum absolute atomic E-state index is 13.9. The topological polar surface area (TPSA) is 18.8 Å². The molecule has 3 aliphatic heterocycles. The van der Waals surface area contributed by atoms with Crippen LogP contribution in [-0.4, -0.2) is 35.1 Å². The fraction of sp³-hybridized carbons (Fsp3) is 0.138. The largest absolute Gasteiger partial charge is 0.308 e. The molecule has 0 aromatic heterocycles. The smallest absolute Gasteiger partial charge is 0.174 e. The van der Waals surface area contributed by atoms with Crippen molar-refractivity contribution >= 4 is 40.3 Å². The summed E-state index contributed by atoms with van der Waals surface area (Å²) >= 11 is 7.74. The van der Waals surface area contributed by atoms with Crippen LogP contribution < -0.4 is 0 Å². The van der Waals surface area contributed by atoms with E-state index < -0.39 is 0 Å². The lowest BCUT2D eigenvalue weighted by Gasteiger charge is -2.42. The minimum Gasteiger partial charge on any atom is -0.308 e. The molecule has 0 radical (unpaired) electrons. The lowest BCUT2D eigenvalue weighted by Crippen LogP contribution is -2.40. The third-order valence-electron chi connectivity index (χ3n) is 6.56. The zero-order valence-electron chi connectivity index (χ0n) is 19.5. The molecule has 7 heteroatoms. The van der Waals surface area contributed by atoms with E-state index in [2.05, 4.69) is 28.3 Å². The number of hydrogen-bond acceptors (Lipinski definition) is 4. The summed E-state index contributed by atoms with van der Waals surface area (Å²) < 4.78 is 27.4. The number of fused-ring (bicyclic) bond motifs is 1. The number of likely N-dealkylation sites (N-methyl/N-ethyl adjacent to an activating group) is 1. The van der Waals surface area contributed by atoms with Crippen LogP contribution in [0.3, 0.4) is 0 Å². The molecule has 0 bridgehead atoms. The predicted molar refractivity (Wildman–Crippen MR) is 144 cm³/mol. The van der Waals surface area contributed by atoms with Gasteiger partial charge in [0.1, 0.15) is 11.6 Å². The highest BCUT2D eigenvalue weighted by Crippen LogP contribution is 2.49. The SMILES string of the molecule is CN1CC2=C(N=C3SC=C(c4ccc(Cl)cc4)N3[C@@H]2c2ccc(F)cc2)/C(=C/c2ccc(F)cc2)C1. The maximum atomic E-state index is 13.9. The summed E-state index contributed by atoms with van der Waals surface area (Å²) in [5, 5.41) is 3.68. The molecule has 36 heavy (non-hydrogen) atoms. The Balaban J connectivity index is 1.50. The van der Waals surface area contributed by atoms with Crippen LogP contribution in [0.15, 0.2) is 100 Å². The molecule has 0 aliphatic carbocycles. The first-order chi connectivity index (χ1) is 17.5. The normalized spacial score (nSPS) is 20.8. The van der Waals surface area contributed by atoms with Gasteiger partial charge >= 0.3 is 0 Å². The Morgan fingerprint density at radius 3 is 2.28 bits per heavy atom. The van der Waals surface area contributed by atoms with Crippen molar-refractivity contribution in [3.05, 3.63) is 128 Å². The summed E-state index contributed by atoms with van der Waals surface area (Å²) in [5.74, 6) is -0.523. The zero-order valence-corrected chi connectivity index (χ0v) is 21.0. The molecule has 0 saturated heterocycles. The Kier molecular flexibility index (Phi) is 6.04. The summed E-state index contributed by atoms with van der Waals surface area (Å²) in [7, 11) is 2.08. The second-order valence-corrected chi connectivity index (χ2v) is 10.4. The molecule has 0 N–H and O–H groups in total. The van der Waals surface area contributed by atoms with Crippen molar-refractivity contribution in [2.45, 2.75) is 6.04 Å². The zero-order chi connectivity index (χ0) is 24.8. The third kappa shape index (κ3) is 4.30. The van der Waals surface area contributed by atoms with Crippen molar-refractivity contribution in [3.63, 3.8) is 0 Å². The number of hydrogen-bond donors (Lipinski definition) is 0. The van der Waals surface area contributed by atoms with Gasteiger partial charge < -0.3 is 4.90 Å². The Bertz CT molecular complexity index is 1440. The van der Waals surface area contributed by atoms with Crippen LogP contribution >= 0.6 is 23.4 Å². The molecule has 0 fully saturated rings. The van der Waals surface area contributed by atoms with Crippen LogP contribution in [0, 0.1) is 11.6 Å². The van der Waals surface area contributed by atoms with Gasteiger partial charge in [-0.25, -0.2) is 13.8 Å². The molecule has 0 amide bonds. The fourth-order valence-corrected chi connectivity index (χ4v) is 6.01. The van der Waals surface area contributed by atoms with Gasteiger partial charge in [0.05, 0.1) is 17.4 Å². The second-order valence-electron chi connectivity index (χ2n) is 9.11. The van der Waals surface area contributed by atoms with Crippen molar-refractivity contribution < 1.29 is 8.78 Å². The van der Waals surface area contributed by atoms with Gasteiger partial charge in [-0.3, -0.25) is 4.90 Å². The number of nitrogens with zero attached hydrogens (tertiary/aromatic N) is 3. The number of benzene rings is 3. The molecule has 3 aromatic carbocycles. The van der Waals surface area contributed by atoms with Gasteiger partial charge in [-0.15, -0.1) is 0 Å². The predicted octanol–water partition coefficient (Wildman–Crippen LogP) is 7.36. The van der Waals surface area contributed by atoms with E-state index in [1.165, 1.54) is 24.3 Å². The average Bonchev–Trinajstić information content (AvgIpc) is 3.29. The number of aliphatic imine (C=N–C) groups is 1. The van der Waals surface area contributed by atoms with Crippen LogP contribution in [0.2, 0.25) is 5.02 Å². The molecule has 3 nitrogen and oxygen atoms in total. The highest BCUT2D eigenvalue weighted by Gasteiger charge is 2.41. The van der Waals surface area contributed by atoms with Crippen molar-refractivity contribution in [2.75, 3.05) is 20.1 Å². The lowest BCUT2D eigenvalue weighted by atomic mass is 9.88. The molecule has 0 unspecified atom stereocenters. The molecule has 180 valence electrons. The molecular weight excluding hydrogens is 496 g/mol. The van der Waals surface area contributed by atoms with E-state index in [0.29, 0.717) is 5.02 Å². The monoisotopic (exact) mass is 517 g/mol. The second kappa shape index (κ2) is 9.36. The minimum atomic E-state index is -0.264. The van der Waals surface area contributed by atoms with Crippen LogP contribution in [0.4, 0.5) is 8.78 Å². The van der Waals surface area contributed by atoms with Crippen molar-refractivity contribution in [3.8, 4) is 0 Å². The summed E-state index contributed by atoms with van der Waals surface area (Å²) in [6.45, 7) is 1.45. The van der Waals surface area contributed by atoms with Crippen LogP contribution in [-0.2, 0) is 0 Å².